The predicted octanol–water partition coefficient (Wildman–Crippen LogP) is 4.13. The van der Waals surface area contributed by atoms with E-state index in [1.165, 1.54) is 31.8 Å². The number of carbonyl (C=O) groups excluding carboxylic acids is 1. The van der Waals surface area contributed by atoms with Gasteiger partial charge in [0.05, 0.1) is 6.61 Å². The van der Waals surface area contributed by atoms with Gasteiger partial charge in [-0.1, -0.05) is 52.5 Å². The van der Waals surface area contributed by atoms with Gasteiger partial charge in [0.15, 0.2) is 0 Å². The molecule has 0 bridgehead atoms. The second kappa shape index (κ2) is 16.7. The number of hydrogen-bond acceptors (Lipinski definition) is 4. The van der Waals surface area contributed by atoms with Crippen molar-refractivity contribution in [1.29, 1.82) is 0 Å². The number of ether oxygens (including phenoxy) is 1. The molecular weight excluding hydrogens is 296 g/mol. The maximum Gasteiger partial charge on any atom is 0.330 e. The Morgan fingerprint density at radius 2 is 1.45 bits per heavy atom. The van der Waals surface area contributed by atoms with Crippen LogP contribution in [0.25, 0.3) is 0 Å². The van der Waals surface area contributed by atoms with Crippen LogP contribution in [0.1, 0.15) is 65.2 Å². The molecule has 0 rings (SSSR count). The van der Waals surface area contributed by atoms with Gasteiger partial charge in [0.2, 0.25) is 0 Å². The summed E-state index contributed by atoms with van der Waals surface area (Å²) < 4.78 is 16.6. The number of esters is 1. The lowest BCUT2D eigenvalue weighted by molar-refractivity contribution is -0.137. The molecule has 130 valence electrons. The van der Waals surface area contributed by atoms with Crippen molar-refractivity contribution in [2.75, 3.05) is 19.8 Å². The van der Waals surface area contributed by atoms with Crippen LogP contribution in [0.2, 0.25) is 6.04 Å². The van der Waals surface area contributed by atoms with Crippen molar-refractivity contribution in [3.05, 3.63) is 12.7 Å². The van der Waals surface area contributed by atoms with Crippen molar-refractivity contribution < 1.29 is 18.4 Å². The van der Waals surface area contributed by atoms with Crippen molar-refractivity contribution in [3.63, 3.8) is 0 Å². The van der Waals surface area contributed by atoms with E-state index >= 15 is 0 Å². The molecule has 0 unspecified atom stereocenters. The maximum absolute atomic E-state index is 10.8. The van der Waals surface area contributed by atoms with Gasteiger partial charge in [-0.05, 0) is 25.3 Å². The Kier molecular flexibility index (Phi) is 16.2. The van der Waals surface area contributed by atoms with Gasteiger partial charge in [-0.2, -0.15) is 0 Å². The monoisotopic (exact) mass is 330 g/mol. The summed E-state index contributed by atoms with van der Waals surface area (Å²) in [5, 5.41) is 0. The van der Waals surface area contributed by atoms with E-state index in [9.17, 15) is 4.79 Å². The minimum atomic E-state index is -1.42. The van der Waals surface area contributed by atoms with Gasteiger partial charge in [-0.3, -0.25) is 0 Å². The number of carbonyl (C=O) groups is 1. The highest BCUT2D eigenvalue weighted by molar-refractivity contribution is 6.44. The molecule has 0 saturated heterocycles. The van der Waals surface area contributed by atoms with Gasteiger partial charge in [-0.25, -0.2) is 4.79 Å². The molecule has 0 aromatic carbocycles. The van der Waals surface area contributed by atoms with Gasteiger partial charge >= 0.3 is 15.3 Å². The Labute approximate surface area is 138 Å². The van der Waals surface area contributed by atoms with Crippen LogP contribution in [-0.4, -0.2) is 35.1 Å². The third kappa shape index (κ3) is 14.3. The van der Waals surface area contributed by atoms with E-state index in [4.69, 9.17) is 13.6 Å². The summed E-state index contributed by atoms with van der Waals surface area (Å²) in [5.74, 6) is -0.324. The lowest BCUT2D eigenvalue weighted by Crippen LogP contribution is -2.23. The summed E-state index contributed by atoms with van der Waals surface area (Å²) in [4.78, 5) is 10.8. The fourth-order valence-electron chi connectivity index (χ4n) is 2.07. The molecule has 0 saturated carbocycles. The van der Waals surface area contributed by atoms with Crippen LogP contribution in [-0.2, 0) is 18.4 Å². The molecule has 5 heteroatoms. The highest BCUT2D eigenvalue weighted by Crippen LogP contribution is 2.11. The molecule has 0 aliphatic heterocycles. The average Bonchev–Trinajstić information content (AvgIpc) is 2.54. The van der Waals surface area contributed by atoms with Crippen LogP contribution in [0.4, 0.5) is 0 Å². The molecule has 0 N–H and O–H groups in total. The van der Waals surface area contributed by atoms with Crippen molar-refractivity contribution in [1.82, 2.24) is 0 Å². The molecule has 0 heterocycles. The second-order valence-corrected chi connectivity index (χ2v) is 7.56. The second-order valence-electron chi connectivity index (χ2n) is 5.45. The number of hydrogen-bond donors (Lipinski definition) is 0. The first kappa shape index (κ1) is 21.3. The Morgan fingerprint density at radius 3 is 2.00 bits per heavy atom. The first-order valence-corrected chi connectivity index (χ1v) is 10.5. The first-order chi connectivity index (χ1) is 10.7. The molecular formula is C17H34O4Si. The highest BCUT2D eigenvalue weighted by atomic mass is 28.3. The molecule has 4 nitrogen and oxygen atoms in total. The van der Waals surface area contributed by atoms with Gasteiger partial charge in [-0.15, -0.1) is 0 Å². The highest BCUT2D eigenvalue weighted by Gasteiger charge is 2.12. The Morgan fingerprint density at radius 1 is 0.909 bits per heavy atom. The molecule has 0 atom stereocenters. The predicted molar refractivity (Wildman–Crippen MR) is 93.3 cm³/mol. The third-order valence-corrected chi connectivity index (χ3v) is 5.36. The topological polar surface area (TPSA) is 44.8 Å². The molecule has 0 radical (unpaired) electrons. The Balaban J connectivity index is 3.43. The summed E-state index contributed by atoms with van der Waals surface area (Å²) in [6.07, 6.45) is 10.3. The lowest BCUT2D eigenvalue weighted by atomic mass is 10.1. The summed E-state index contributed by atoms with van der Waals surface area (Å²) in [6, 6.07) is 1.12. The smallest absolute Gasteiger partial charge is 0.330 e. The largest absolute Gasteiger partial charge is 0.463 e. The first-order valence-electron chi connectivity index (χ1n) is 8.77. The number of unbranched alkanes of at least 4 members (excludes halogenated alkanes) is 5. The third-order valence-electron chi connectivity index (χ3n) is 3.26. The van der Waals surface area contributed by atoms with E-state index in [0.29, 0.717) is 6.61 Å². The van der Waals surface area contributed by atoms with Crippen LogP contribution in [0.15, 0.2) is 12.7 Å². The fraction of sp³-hybridized carbons (Fsp3) is 0.824. The van der Waals surface area contributed by atoms with Crippen LogP contribution in [0.5, 0.6) is 0 Å². The zero-order valence-corrected chi connectivity index (χ0v) is 15.6. The minimum absolute atomic E-state index is 0.324. The van der Waals surface area contributed by atoms with E-state index in [0.717, 1.165) is 44.9 Å². The summed E-state index contributed by atoms with van der Waals surface area (Å²) in [5.41, 5.74) is 0. The zero-order chi connectivity index (χ0) is 16.5. The van der Waals surface area contributed by atoms with Crippen molar-refractivity contribution in [2.24, 2.45) is 0 Å². The van der Waals surface area contributed by atoms with Crippen LogP contribution in [0.3, 0.4) is 0 Å². The van der Waals surface area contributed by atoms with Crippen LogP contribution >= 0.6 is 0 Å². The maximum atomic E-state index is 10.8. The molecule has 0 aliphatic carbocycles. The van der Waals surface area contributed by atoms with Crippen molar-refractivity contribution in [2.45, 2.75) is 71.3 Å². The van der Waals surface area contributed by atoms with Gasteiger partial charge < -0.3 is 13.6 Å². The van der Waals surface area contributed by atoms with E-state index in [1.807, 2.05) is 0 Å². The van der Waals surface area contributed by atoms with Crippen LogP contribution < -0.4 is 0 Å². The molecule has 0 spiro atoms. The van der Waals surface area contributed by atoms with E-state index < -0.39 is 9.28 Å². The standard InChI is InChI=1S/C17H34O4Si/c1-4-13-20-22(21-14-5-2)16-12-10-8-7-9-11-15-19-17(18)6-3/h6,22H,3-5,7-16H2,1-2H3. The van der Waals surface area contributed by atoms with E-state index in [-0.39, 0.29) is 5.97 Å². The molecule has 0 amide bonds. The molecule has 0 aromatic heterocycles. The van der Waals surface area contributed by atoms with Gasteiger partial charge in [0.25, 0.3) is 0 Å². The van der Waals surface area contributed by atoms with Crippen molar-refractivity contribution in [3.8, 4) is 0 Å². The molecule has 22 heavy (non-hydrogen) atoms. The fourth-order valence-corrected chi connectivity index (χ4v) is 4.11. The Bertz CT molecular complexity index is 263. The van der Waals surface area contributed by atoms with E-state index in [2.05, 4.69) is 20.4 Å². The SMILES string of the molecule is C=CC(=O)OCCCCCCCC[SiH](OCCC)OCCC. The summed E-state index contributed by atoms with van der Waals surface area (Å²) in [7, 11) is -1.42. The minimum Gasteiger partial charge on any atom is -0.463 e. The normalized spacial score (nSPS) is 10.9. The Hall–Kier alpha value is -0.653. The van der Waals surface area contributed by atoms with Gasteiger partial charge in [0.1, 0.15) is 0 Å². The summed E-state index contributed by atoms with van der Waals surface area (Å²) >= 11 is 0. The van der Waals surface area contributed by atoms with Crippen molar-refractivity contribution >= 4 is 15.3 Å². The lowest BCUT2D eigenvalue weighted by Gasteiger charge is -2.16. The van der Waals surface area contributed by atoms with Crippen LogP contribution in [0, 0.1) is 0 Å². The molecule has 0 aromatic rings. The van der Waals surface area contributed by atoms with Gasteiger partial charge in [0, 0.05) is 19.3 Å². The molecule has 0 aliphatic rings. The zero-order valence-electron chi connectivity index (χ0n) is 14.5. The van der Waals surface area contributed by atoms with E-state index in [1.54, 1.807) is 0 Å². The quantitative estimate of drug-likeness (QED) is 0.185. The summed E-state index contributed by atoms with van der Waals surface area (Å²) in [6.45, 7) is 9.83. The average molecular weight is 331 g/mol. The molecule has 0 fully saturated rings. The number of rotatable bonds is 16.